The fourth-order valence-corrected chi connectivity index (χ4v) is 2.24. The van der Waals surface area contributed by atoms with Crippen molar-refractivity contribution in [1.82, 2.24) is 0 Å². The first-order valence-corrected chi connectivity index (χ1v) is 8.38. The zero-order chi connectivity index (χ0) is 18.9. The molecule has 0 atom stereocenters. The normalized spacial score (nSPS) is 10.1. The maximum atomic E-state index is 12.2. The maximum Gasteiger partial charge on any atom is 0.262 e. The molecule has 0 heterocycles. The number of para-hydroxylation sites is 2. The second-order valence-electron chi connectivity index (χ2n) is 5.60. The number of carbonyl (C=O) groups excluding carboxylic acids is 2. The van der Waals surface area contributed by atoms with Crippen molar-refractivity contribution in [3.05, 3.63) is 48.0 Å². The molecule has 0 saturated carbocycles. The van der Waals surface area contributed by atoms with Crippen LogP contribution in [0.4, 0.5) is 5.69 Å². The number of ether oxygens (including phenoxy) is 3. The quantitative estimate of drug-likeness (QED) is 0.693. The van der Waals surface area contributed by atoms with Crippen LogP contribution in [0.3, 0.4) is 0 Å². The van der Waals surface area contributed by atoms with Crippen molar-refractivity contribution in [2.45, 2.75) is 20.3 Å². The third kappa shape index (κ3) is 5.24. The Morgan fingerprint density at radius 2 is 1.77 bits per heavy atom. The Balaban J connectivity index is 2.00. The Morgan fingerprint density at radius 1 is 1.00 bits per heavy atom. The van der Waals surface area contributed by atoms with E-state index in [4.69, 9.17) is 14.2 Å². The van der Waals surface area contributed by atoms with Gasteiger partial charge in [0.25, 0.3) is 5.91 Å². The Labute approximate surface area is 153 Å². The van der Waals surface area contributed by atoms with E-state index in [0.29, 0.717) is 35.1 Å². The van der Waals surface area contributed by atoms with Crippen LogP contribution in [0, 0.1) is 0 Å². The number of ketones is 1. The maximum absolute atomic E-state index is 12.2. The molecule has 0 aliphatic carbocycles. The summed E-state index contributed by atoms with van der Waals surface area (Å²) in [7, 11) is 1.48. The van der Waals surface area contributed by atoms with E-state index in [1.165, 1.54) is 14.0 Å². The lowest BCUT2D eigenvalue weighted by Gasteiger charge is -2.13. The highest BCUT2D eigenvalue weighted by Gasteiger charge is 2.12. The highest BCUT2D eigenvalue weighted by molar-refractivity contribution is 5.95. The van der Waals surface area contributed by atoms with Gasteiger partial charge in [0.05, 0.1) is 19.4 Å². The Hall–Kier alpha value is -3.02. The second-order valence-corrected chi connectivity index (χ2v) is 5.60. The monoisotopic (exact) mass is 357 g/mol. The number of methoxy groups -OCH3 is 1. The molecule has 2 rings (SSSR count). The third-order valence-corrected chi connectivity index (χ3v) is 3.55. The van der Waals surface area contributed by atoms with Gasteiger partial charge in [-0.05, 0) is 43.7 Å². The van der Waals surface area contributed by atoms with Crippen LogP contribution in [0.5, 0.6) is 17.2 Å². The molecule has 0 aliphatic rings. The fourth-order valence-electron chi connectivity index (χ4n) is 2.24. The summed E-state index contributed by atoms with van der Waals surface area (Å²) >= 11 is 0. The lowest BCUT2D eigenvalue weighted by Crippen LogP contribution is -2.20. The van der Waals surface area contributed by atoms with E-state index < -0.39 is 0 Å². The van der Waals surface area contributed by atoms with Gasteiger partial charge in [-0.3, -0.25) is 9.59 Å². The van der Waals surface area contributed by atoms with Crippen LogP contribution >= 0.6 is 0 Å². The van der Waals surface area contributed by atoms with Crippen LogP contribution in [0.2, 0.25) is 0 Å². The van der Waals surface area contributed by atoms with Crippen molar-refractivity contribution in [1.29, 1.82) is 0 Å². The van der Waals surface area contributed by atoms with Crippen LogP contribution in [-0.4, -0.2) is 32.0 Å². The average Bonchev–Trinajstić information content (AvgIpc) is 2.65. The van der Waals surface area contributed by atoms with E-state index in [2.05, 4.69) is 5.32 Å². The minimum Gasteiger partial charge on any atom is -0.493 e. The molecule has 6 heteroatoms. The molecule has 1 amide bonds. The number of hydrogen-bond donors (Lipinski definition) is 1. The summed E-state index contributed by atoms with van der Waals surface area (Å²) in [4.78, 5) is 23.6. The van der Waals surface area contributed by atoms with E-state index >= 15 is 0 Å². The third-order valence-electron chi connectivity index (χ3n) is 3.55. The molecule has 0 radical (unpaired) electrons. The van der Waals surface area contributed by atoms with Crippen LogP contribution in [0.1, 0.15) is 30.6 Å². The number of Topliss-reactive ketones (excluding diaryl/α,β-unsaturated/α-hetero) is 1. The van der Waals surface area contributed by atoms with Crippen molar-refractivity contribution in [2.75, 3.05) is 25.6 Å². The van der Waals surface area contributed by atoms with Crippen LogP contribution < -0.4 is 19.5 Å². The molecule has 0 aromatic heterocycles. The first-order valence-electron chi connectivity index (χ1n) is 8.38. The smallest absolute Gasteiger partial charge is 0.262 e. The molecule has 0 unspecified atom stereocenters. The standard InChI is InChI=1S/C20H23NO5/c1-4-11-25-17-8-6-5-7-16(17)21-20(23)13-26-18-10-9-15(14(2)22)12-19(18)24-3/h5-10,12H,4,11,13H2,1-3H3,(H,21,23). The van der Waals surface area contributed by atoms with Crippen LogP contribution in [0.15, 0.2) is 42.5 Å². The minimum atomic E-state index is -0.324. The summed E-state index contributed by atoms with van der Waals surface area (Å²) in [6, 6.07) is 12.1. The van der Waals surface area contributed by atoms with Crippen molar-refractivity contribution in [3.8, 4) is 17.2 Å². The summed E-state index contributed by atoms with van der Waals surface area (Å²) in [5.74, 6) is 1.01. The van der Waals surface area contributed by atoms with Crippen molar-refractivity contribution in [3.63, 3.8) is 0 Å². The summed E-state index contributed by atoms with van der Waals surface area (Å²) in [5.41, 5.74) is 1.11. The highest BCUT2D eigenvalue weighted by Crippen LogP contribution is 2.28. The number of nitrogens with one attached hydrogen (secondary N) is 1. The Bertz CT molecular complexity index is 773. The summed E-state index contributed by atoms with van der Waals surface area (Å²) in [6.45, 7) is 3.86. The van der Waals surface area contributed by atoms with Crippen LogP contribution in [0.25, 0.3) is 0 Å². The van der Waals surface area contributed by atoms with Crippen LogP contribution in [-0.2, 0) is 4.79 Å². The van der Waals surface area contributed by atoms with E-state index in [1.807, 2.05) is 19.1 Å². The molecule has 0 aliphatic heterocycles. The first-order chi connectivity index (χ1) is 12.5. The molecule has 0 fully saturated rings. The SMILES string of the molecule is CCCOc1ccccc1NC(=O)COc1ccc(C(C)=O)cc1OC. The second kappa shape index (κ2) is 9.46. The van der Waals surface area contributed by atoms with E-state index in [0.717, 1.165) is 6.42 Å². The zero-order valence-corrected chi connectivity index (χ0v) is 15.2. The minimum absolute atomic E-state index is 0.0729. The van der Waals surface area contributed by atoms with E-state index in [1.54, 1.807) is 30.3 Å². The highest BCUT2D eigenvalue weighted by atomic mass is 16.5. The Morgan fingerprint density at radius 3 is 2.46 bits per heavy atom. The molecular formula is C20H23NO5. The predicted molar refractivity (Wildman–Crippen MR) is 99.4 cm³/mol. The zero-order valence-electron chi connectivity index (χ0n) is 15.2. The van der Waals surface area contributed by atoms with Gasteiger partial charge >= 0.3 is 0 Å². The number of amides is 1. The molecule has 6 nitrogen and oxygen atoms in total. The van der Waals surface area contributed by atoms with Gasteiger partial charge in [0.15, 0.2) is 23.9 Å². The topological polar surface area (TPSA) is 73.9 Å². The molecule has 26 heavy (non-hydrogen) atoms. The largest absolute Gasteiger partial charge is 0.493 e. The van der Waals surface area contributed by atoms with E-state index in [-0.39, 0.29) is 18.3 Å². The first kappa shape index (κ1) is 19.3. The van der Waals surface area contributed by atoms with Crippen molar-refractivity contribution >= 4 is 17.4 Å². The van der Waals surface area contributed by atoms with Crippen molar-refractivity contribution in [2.24, 2.45) is 0 Å². The molecule has 138 valence electrons. The average molecular weight is 357 g/mol. The summed E-state index contributed by atoms with van der Waals surface area (Å²) in [6.07, 6.45) is 0.876. The van der Waals surface area contributed by atoms with Gasteiger partial charge in [-0.1, -0.05) is 19.1 Å². The van der Waals surface area contributed by atoms with Gasteiger partial charge in [-0.25, -0.2) is 0 Å². The van der Waals surface area contributed by atoms with Gasteiger partial charge < -0.3 is 19.5 Å². The Kier molecular flexibility index (Phi) is 7.02. The summed E-state index contributed by atoms with van der Waals surface area (Å²) < 4.78 is 16.4. The number of carbonyl (C=O) groups is 2. The van der Waals surface area contributed by atoms with Gasteiger partial charge in [0.1, 0.15) is 5.75 Å². The van der Waals surface area contributed by atoms with Crippen molar-refractivity contribution < 1.29 is 23.8 Å². The van der Waals surface area contributed by atoms with E-state index in [9.17, 15) is 9.59 Å². The molecule has 0 spiro atoms. The van der Waals surface area contributed by atoms with Gasteiger partial charge in [-0.2, -0.15) is 0 Å². The lowest BCUT2D eigenvalue weighted by atomic mass is 10.1. The molecule has 1 N–H and O–H groups in total. The van der Waals surface area contributed by atoms with Gasteiger partial charge in [-0.15, -0.1) is 0 Å². The van der Waals surface area contributed by atoms with Gasteiger partial charge in [0, 0.05) is 5.56 Å². The number of benzene rings is 2. The molecule has 0 bridgehead atoms. The lowest BCUT2D eigenvalue weighted by molar-refractivity contribution is -0.118. The predicted octanol–water partition coefficient (Wildman–Crippen LogP) is 3.70. The summed E-state index contributed by atoms with van der Waals surface area (Å²) in [5, 5.41) is 2.77. The molecular weight excluding hydrogens is 334 g/mol. The molecule has 0 saturated heterocycles. The molecule has 2 aromatic carbocycles. The number of anilines is 1. The fraction of sp³-hybridized carbons (Fsp3) is 0.300. The number of rotatable bonds is 9. The number of hydrogen-bond acceptors (Lipinski definition) is 5. The molecule has 2 aromatic rings. The van der Waals surface area contributed by atoms with Gasteiger partial charge in [0.2, 0.25) is 0 Å².